The third-order valence-electron chi connectivity index (χ3n) is 3.70. The Balaban J connectivity index is 2.47. The molecule has 0 aromatic carbocycles. The molecule has 0 unspecified atom stereocenters. The fourth-order valence-corrected chi connectivity index (χ4v) is 2.46. The summed E-state index contributed by atoms with van der Waals surface area (Å²) in [5.41, 5.74) is -0.916. The predicted molar refractivity (Wildman–Crippen MR) is 68.5 cm³/mol. The maximum atomic E-state index is 11.9. The summed E-state index contributed by atoms with van der Waals surface area (Å²) < 4.78 is 1.35. The largest absolute Gasteiger partial charge is 0.387 e. The van der Waals surface area contributed by atoms with Crippen molar-refractivity contribution in [2.24, 2.45) is 0 Å². The zero-order valence-corrected chi connectivity index (χ0v) is 10.6. The van der Waals surface area contributed by atoms with Gasteiger partial charge in [-0.1, -0.05) is 6.58 Å². The van der Waals surface area contributed by atoms with Crippen molar-refractivity contribution in [2.45, 2.75) is 31.0 Å². The van der Waals surface area contributed by atoms with Crippen LogP contribution in [-0.4, -0.2) is 38.0 Å². The molecule has 0 radical (unpaired) electrons. The molecule has 0 saturated heterocycles. The van der Waals surface area contributed by atoms with Gasteiger partial charge in [-0.3, -0.25) is 9.41 Å². The Kier molecular flexibility index (Phi) is 3.27. The summed E-state index contributed by atoms with van der Waals surface area (Å²) in [5, 5.41) is 19.4. The number of rotatable bonds is 2. The molecule has 1 heterocycles. The van der Waals surface area contributed by atoms with Crippen LogP contribution in [0.3, 0.4) is 0 Å². The fourth-order valence-electron chi connectivity index (χ4n) is 2.46. The molecule has 0 aliphatic heterocycles. The zero-order valence-electron chi connectivity index (χ0n) is 10.6. The third-order valence-corrected chi connectivity index (χ3v) is 3.70. The van der Waals surface area contributed by atoms with Crippen LogP contribution in [0.1, 0.15) is 18.2 Å². The minimum absolute atomic E-state index is 0.173. The van der Waals surface area contributed by atoms with Crippen molar-refractivity contribution < 1.29 is 10.2 Å². The summed E-state index contributed by atoms with van der Waals surface area (Å²) in [6.45, 7) is 12.2. The van der Waals surface area contributed by atoms with Gasteiger partial charge in [-0.25, -0.2) is 11.4 Å². The van der Waals surface area contributed by atoms with E-state index in [2.05, 4.69) is 16.4 Å². The average molecular weight is 261 g/mol. The molecule has 0 spiro atoms. The van der Waals surface area contributed by atoms with Crippen LogP contribution in [-0.2, 0) is 0 Å². The van der Waals surface area contributed by atoms with E-state index in [4.69, 9.17) is 6.57 Å². The molecular formula is C13H15N3O3. The number of aliphatic hydroxyl groups excluding tert-OH is 2. The zero-order chi connectivity index (χ0) is 14.2. The van der Waals surface area contributed by atoms with Crippen molar-refractivity contribution in [2.75, 3.05) is 6.61 Å². The van der Waals surface area contributed by atoms with Gasteiger partial charge in [-0.15, -0.1) is 0 Å². The molecule has 2 N–H and O–H groups in total. The van der Waals surface area contributed by atoms with E-state index in [-0.39, 0.29) is 6.42 Å². The lowest BCUT2D eigenvalue weighted by Crippen LogP contribution is -2.39. The first-order valence-corrected chi connectivity index (χ1v) is 5.89. The molecule has 0 bridgehead atoms. The van der Waals surface area contributed by atoms with E-state index in [0.717, 1.165) is 0 Å². The van der Waals surface area contributed by atoms with Crippen LogP contribution in [0.25, 0.3) is 4.85 Å². The first-order chi connectivity index (χ1) is 8.96. The molecule has 2 rings (SSSR count). The van der Waals surface area contributed by atoms with Gasteiger partial charge in [-0.2, -0.15) is 4.98 Å². The van der Waals surface area contributed by atoms with Crippen molar-refractivity contribution in [3.63, 3.8) is 0 Å². The topological polar surface area (TPSA) is 79.7 Å². The van der Waals surface area contributed by atoms with Crippen LogP contribution in [0.15, 0.2) is 29.2 Å². The molecular weight excluding hydrogens is 246 g/mol. The normalized spacial score (nSPS) is 30.3. The van der Waals surface area contributed by atoms with E-state index in [1.54, 1.807) is 19.2 Å². The highest BCUT2D eigenvalue weighted by molar-refractivity contribution is 5.35. The van der Waals surface area contributed by atoms with Gasteiger partial charge in [0.25, 0.3) is 0 Å². The first kappa shape index (κ1) is 13.5. The monoisotopic (exact) mass is 261 g/mol. The molecule has 6 heteroatoms. The van der Waals surface area contributed by atoms with Crippen LogP contribution in [0.4, 0.5) is 0 Å². The molecule has 1 aromatic heterocycles. The standard InChI is InChI=1S/C13H15N3O3/c1-8-4-5-16(12(19)15-8)10-6-11(18)13(7-17,14-3)9(10)2/h4-5,10-11,17-18H,2,6-7H2,1H3/t10-,11-,13+/m0/s1. The maximum Gasteiger partial charge on any atom is 0.348 e. The molecule has 19 heavy (non-hydrogen) atoms. The summed E-state index contributed by atoms with van der Waals surface area (Å²) in [5.74, 6) is 0. The summed E-state index contributed by atoms with van der Waals surface area (Å²) in [6, 6.07) is 1.16. The molecule has 0 amide bonds. The summed E-state index contributed by atoms with van der Waals surface area (Å²) >= 11 is 0. The second-order valence-electron chi connectivity index (χ2n) is 4.75. The Hall–Kier alpha value is -1.97. The van der Waals surface area contributed by atoms with E-state index in [1.165, 1.54) is 4.57 Å². The van der Waals surface area contributed by atoms with Gasteiger partial charge in [0.05, 0.1) is 6.04 Å². The Morgan fingerprint density at radius 2 is 2.42 bits per heavy atom. The number of hydrogen-bond acceptors (Lipinski definition) is 4. The molecule has 3 atom stereocenters. The molecule has 6 nitrogen and oxygen atoms in total. The second kappa shape index (κ2) is 4.61. The molecule has 100 valence electrons. The molecule has 1 aliphatic rings. The highest BCUT2D eigenvalue weighted by Crippen LogP contribution is 2.43. The highest BCUT2D eigenvalue weighted by Gasteiger charge is 2.57. The molecule has 1 aromatic rings. The van der Waals surface area contributed by atoms with Crippen LogP contribution >= 0.6 is 0 Å². The lowest BCUT2D eigenvalue weighted by molar-refractivity contribution is 0.0987. The van der Waals surface area contributed by atoms with Gasteiger partial charge < -0.3 is 10.2 Å². The number of aryl methyl sites for hydroxylation is 1. The predicted octanol–water partition coefficient (Wildman–Crippen LogP) is 0.0640. The number of aliphatic hydroxyl groups is 2. The van der Waals surface area contributed by atoms with Crippen LogP contribution < -0.4 is 5.69 Å². The molecule has 1 aliphatic carbocycles. The molecule has 1 saturated carbocycles. The van der Waals surface area contributed by atoms with Gasteiger partial charge in [0.1, 0.15) is 12.7 Å². The smallest absolute Gasteiger partial charge is 0.348 e. The van der Waals surface area contributed by atoms with Crippen molar-refractivity contribution in [3.8, 4) is 0 Å². The minimum Gasteiger partial charge on any atom is -0.387 e. The fraction of sp³-hybridized carbons (Fsp3) is 0.462. The van der Waals surface area contributed by atoms with Crippen molar-refractivity contribution in [3.05, 3.63) is 52.0 Å². The summed E-state index contributed by atoms with van der Waals surface area (Å²) in [6.07, 6.45) is 0.706. The number of nitrogens with zero attached hydrogens (tertiary/aromatic N) is 3. The van der Waals surface area contributed by atoms with Crippen molar-refractivity contribution in [1.29, 1.82) is 0 Å². The van der Waals surface area contributed by atoms with E-state index in [0.29, 0.717) is 11.3 Å². The first-order valence-electron chi connectivity index (χ1n) is 5.89. The van der Waals surface area contributed by atoms with Crippen LogP contribution in [0.5, 0.6) is 0 Å². The van der Waals surface area contributed by atoms with Crippen molar-refractivity contribution >= 4 is 0 Å². The molecule has 1 fully saturated rings. The third kappa shape index (κ3) is 1.87. The second-order valence-corrected chi connectivity index (χ2v) is 4.75. The number of aromatic nitrogens is 2. The Morgan fingerprint density at radius 1 is 1.74 bits per heavy atom. The Labute approximate surface area is 110 Å². The van der Waals surface area contributed by atoms with E-state index in [1.807, 2.05) is 0 Å². The Bertz CT molecular complexity index is 616. The Morgan fingerprint density at radius 3 is 2.89 bits per heavy atom. The van der Waals surface area contributed by atoms with Crippen molar-refractivity contribution in [1.82, 2.24) is 9.55 Å². The maximum absolute atomic E-state index is 11.9. The minimum atomic E-state index is -1.42. The van der Waals surface area contributed by atoms with Gasteiger partial charge >= 0.3 is 11.2 Å². The highest BCUT2D eigenvalue weighted by atomic mass is 16.3. The van der Waals surface area contributed by atoms with Gasteiger partial charge in [-0.05, 0) is 13.0 Å². The quantitative estimate of drug-likeness (QED) is 0.583. The summed E-state index contributed by atoms with van der Waals surface area (Å²) in [4.78, 5) is 19.0. The SMILES string of the molecule is [C-]#[N+][C@]1(CO)C(=C)[C@@H](n2ccc(C)nc2=O)C[C@@H]1O. The lowest BCUT2D eigenvalue weighted by atomic mass is 9.93. The lowest BCUT2D eigenvalue weighted by Gasteiger charge is -2.19. The van der Waals surface area contributed by atoms with Gasteiger partial charge in [0.2, 0.25) is 0 Å². The average Bonchev–Trinajstić information content (AvgIpc) is 2.62. The van der Waals surface area contributed by atoms with Gasteiger partial charge in [0.15, 0.2) is 0 Å². The van der Waals surface area contributed by atoms with E-state index >= 15 is 0 Å². The summed E-state index contributed by atoms with van der Waals surface area (Å²) in [7, 11) is 0. The van der Waals surface area contributed by atoms with E-state index in [9.17, 15) is 15.0 Å². The van der Waals surface area contributed by atoms with Crippen LogP contribution in [0.2, 0.25) is 0 Å². The number of hydrogen-bond donors (Lipinski definition) is 2. The van der Waals surface area contributed by atoms with Crippen LogP contribution in [0, 0.1) is 13.5 Å². The van der Waals surface area contributed by atoms with Gasteiger partial charge in [0, 0.05) is 23.9 Å². The van der Waals surface area contributed by atoms with E-state index < -0.39 is 30.0 Å².